The fourth-order valence-electron chi connectivity index (χ4n) is 0.766. The summed E-state index contributed by atoms with van der Waals surface area (Å²) in [5, 5.41) is 9.99. The molecule has 0 aromatic carbocycles. The SMILES string of the molecule is [O]CCCS(=O)(=O)c1ncc[nH]1. The van der Waals surface area contributed by atoms with Gasteiger partial charge in [-0.1, -0.05) is 0 Å². The lowest BCUT2D eigenvalue weighted by molar-refractivity contribution is 0.194. The zero-order valence-electron chi connectivity index (χ0n) is 6.36. The number of hydrogen-bond donors (Lipinski definition) is 1. The number of sulfone groups is 1. The monoisotopic (exact) mass is 189 g/mol. The smallest absolute Gasteiger partial charge is 0.224 e. The normalized spacial score (nSPS) is 11.8. The number of nitrogens with one attached hydrogen (secondary N) is 1. The van der Waals surface area contributed by atoms with Gasteiger partial charge in [0.25, 0.3) is 0 Å². The fraction of sp³-hybridized carbons (Fsp3) is 0.500. The molecule has 1 aromatic heterocycles. The summed E-state index contributed by atoms with van der Waals surface area (Å²) < 4.78 is 22.4. The van der Waals surface area contributed by atoms with Crippen molar-refractivity contribution >= 4 is 9.84 Å². The first kappa shape index (κ1) is 9.21. The molecule has 0 aliphatic rings. The summed E-state index contributed by atoms with van der Waals surface area (Å²) in [5.74, 6) is -0.135. The average molecular weight is 189 g/mol. The van der Waals surface area contributed by atoms with Gasteiger partial charge in [-0.05, 0) is 6.42 Å². The third-order valence-electron chi connectivity index (χ3n) is 1.33. The van der Waals surface area contributed by atoms with Gasteiger partial charge in [-0.2, -0.15) is 0 Å². The van der Waals surface area contributed by atoms with Gasteiger partial charge in [0.1, 0.15) is 0 Å². The second-order valence-corrected chi connectivity index (χ2v) is 4.30. The first-order valence-electron chi connectivity index (χ1n) is 3.47. The van der Waals surface area contributed by atoms with Crippen molar-refractivity contribution in [2.45, 2.75) is 11.6 Å². The summed E-state index contributed by atoms with van der Waals surface area (Å²) in [7, 11) is -3.35. The third kappa shape index (κ3) is 2.05. The van der Waals surface area contributed by atoms with Crippen molar-refractivity contribution in [1.29, 1.82) is 0 Å². The Morgan fingerprint density at radius 1 is 1.50 bits per heavy atom. The molecule has 6 heteroatoms. The number of hydrogen-bond acceptors (Lipinski definition) is 3. The van der Waals surface area contributed by atoms with Crippen LogP contribution in [0.25, 0.3) is 0 Å². The maximum absolute atomic E-state index is 11.2. The van der Waals surface area contributed by atoms with Crippen molar-refractivity contribution < 1.29 is 13.5 Å². The maximum Gasteiger partial charge on any atom is 0.224 e. The zero-order valence-corrected chi connectivity index (χ0v) is 7.17. The molecule has 0 fully saturated rings. The molecule has 1 rings (SSSR count). The van der Waals surface area contributed by atoms with Crippen molar-refractivity contribution in [3.8, 4) is 0 Å². The third-order valence-corrected chi connectivity index (χ3v) is 2.96. The highest BCUT2D eigenvalue weighted by molar-refractivity contribution is 7.91. The van der Waals surface area contributed by atoms with Gasteiger partial charge >= 0.3 is 0 Å². The Morgan fingerprint density at radius 2 is 2.25 bits per heavy atom. The molecule has 1 N–H and O–H groups in total. The molecule has 0 atom stereocenters. The average Bonchev–Trinajstić information content (AvgIpc) is 2.53. The number of aromatic amines is 1. The van der Waals surface area contributed by atoms with Gasteiger partial charge in [0.2, 0.25) is 15.0 Å². The van der Waals surface area contributed by atoms with E-state index < -0.39 is 9.84 Å². The van der Waals surface area contributed by atoms with E-state index in [2.05, 4.69) is 9.97 Å². The predicted octanol–water partition coefficient (Wildman–Crippen LogP) is 0.00400. The first-order valence-corrected chi connectivity index (χ1v) is 5.12. The lowest BCUT2D eigenvalue weighted by Crippen LogP contribution is -2.09. The molecular weight excluding hydrogens is 180 g/mol. The second-order valence-electron chi connectivity index (χ2n) is 2.27. The van der Waals surface area contributed by atoms with Crippen molar-refractivity contribution in [1.82, 2.24) is 9.97 Å². The van der Waals surface area contributed by atoms with Crippen LogP contribution in [0, 0.1) is 0 Å². The van der Waals surface area contributed by atoms with Gasteiger partial charge in [-0.3, -0.25) is 0 Å². The van der Waals surface area contributed by atoms with E-state index in [4.69, 9.17) is 0 Å². The molecule has 5 nitrogen and oxygen atoms in total. The van der Waals surface area contributed by atoms with Crippen LogP contribution in [-0.2, 0) is 14.9 Å². The van der Waals surface area contributed by atoms with Crippen molar-refractivity contribution in [2.75, 3.05) is 12.4 Å². The van der Waals surface area contributed by atoms with Crippen LogP contribution in [-0.4, -0.2) is 30.7 Å². The minimum atomic E-state index is -3.35. The Labute approximate surface area is 70.4 Å². The van der Waals surface area contributed by atoms with Crippen LogP contribution in [0.2, 0.25) is 0 Å². The molecule has 67 valence electrons. The second kappa shape index (κ2) is 3.68. The largest absolute Gasteiger partial charge is 0.336 e. The van der Waals surface area contributed by atoms with Crippen LogP contribution in [0.1, 0.15) is 6.42 Å². The summed E-state index contributed by atoms with van der Waals surface area (Å²) in [5.41, 5.74) is 0. The molecule has 12 heavy (non-hydrogen) atoms. The molecule has 0 saturated carbocycles. The molecule has 0 spiro atoms. The minimum absolute atomic E-state index is 0.0593. The highest BCUT2D eigenvalue weighted by atomic mass is 32.2. The van der Waals surface area contributed by atoms with Gasteiger partial charge in [-0.15, -0.1) is 0 Å². The van der Waals surface area contributed by atoms with E-state index in [0.717, 1.165) is 0 Å². The molecule has 0 aliphatic heterocycles. The van der Waals surface area contributed by atoms with Gasteiger partial charge in [0, 0.05) is 12.4 Å². The van der Waals surface area contributed by atoms with Crippen LogP contribution >= 0.6 is 0 Å². The van der Waals surface area contributed by atoms with Crippen molar-refractivity contribution in [2.24, 2.45) is 0 Å². The molecule has 0 aliphatic carbocycles. The van der Waals surface area contributed by atoms with E-state index in [-0.39, 0.29) is 23.9 Å². The quantitative estimate of drug-likeness (QED) is 0.723. The Bertz CT molecular complexity index is 317. The van der Waals surface area contributed by atoms with E-state index in [0.29, 0.717) is 0 Å². The highest BCUT2D eigenvalue weighted by Crippen LogP contribution is 2.04. The number of H-pyrrole nitrogens is 1. The number of imidazole rings is 1. The minimum Gasteiger partial charge on any atom is -0.336 e. The Morgan fingerprint density at radius 3 is 2.75 bits per heavy atom. The summed E-state index contributed by atoms with van der Waals surface area (Å²) in [6.07, 6.45) is 2.93. The van der Waals surface area contributed by atoms with Gasteiger partial charge < -0.3 is 4.98 Å². The molecule has 1 radical (unpaired) electrons. The molecule has 0 amide bonds. The number of rotatable bonds is 4. The number of aromatic nitrogens is 2. The van der Waals surface area contributed by atoms with Gasteiger partial charge in [-0.25, -0.2) is 18.5 Å². The zero-order chi connectivity index (χ0) is 9.03. The van der Waals surface area contributed by atoms with Crippen LogP contribution in [0.3, 0.4) is 0 Å². The molecular formula is C6H9N2O3S. The molecule has 0 bridgehead atoms. The molecule has 1 heterocycles. The van der Waals surface area contributed by atoms with Crippen molar-refractivity contribution in [3.05, 3.63) is 12.4 Å². The van der Waals surface area contributed by atoms with E-state index in [1.165, 1.54) is 12.4 Å². The number of nitrogens with zero attached hydrogens (tertiary/aromatic N) is 1. The van der Waals surface area contributed by atoms with Gasteiger partial charge in [0.15, 0.2) is 0 Å². The topological polar surface area (TPSA) is 82.7 Å². The Kier molecular flexibility index (Phi) is 2.83. The molecule has 1 aromatic rings. The summed E-state index contributed by atoms with van der Waals surface area (Å²) in [4.78, 5) is 6.08. The Hall–Kier alpha value is -0.880. The lowest BCUT2D eigenvalue weighted by atomic mass is 10.5. The predicted molar refractivity (Wildman–Crippen MR) is 40.8 cm³/mol. The van der Waals surface area contributed by atoms with E-state index >= 15 is 0 Å². The van der Waals surface area contributed by atoms with E-state index in [9.17, 15) is 13.5 Å². The summed E-state index contributed by atoms with van der Waals surface area (Å²) in [6.45, 7) is -0.375. The van der Waals surface area contributed by atoms with Crippen LogP contribution in [0.4, 0.5) is 0 Å². The lowest BCUT2D eigenvalue weighted by Gasteiger charge is -1.96. The highest BCUT2D eigenvalue weighted by Gasteiger charge is 2.15. The maximum atomic E-state index is 11.2. The fourth-order valence-corrected chi connectivity index (χ4v) is 1.93. The van der Waals surface area contributed by atoms with E-state index in [1.807, 2.05) is 0 Å². The van der Waals surface area contributed by atoms with E-state index in [1.54, 1.807) is 0 Å². The van der Waals surface area contributed by atoms with Crippen LogP contribution in [0.15, 0.2) is 17.6 Å². The standard InChI is InChI=1S/C6H9N2O3S/c9-4-1-5-12(10,11)6-7-2-3-8-6/h2-3H,1,4-5H2,(H,7,8). The molecule has 0 saturated heterocycles. The first-order chi connectivity index (χ1) is 5.67. The van der Waals surface area contributed by atoms with Crippen LogP contribution < -0.4 is 0 Å². The summed E-state index contributed by atoms with van der Waals surface area (Å²) >= 11 is 0. The summed E-state index contributed by atoms with van der Waals surface area (Å²) in [6, 6.07) is 0. The Balaban J connectivity index is 2.74. The molecule has 0 unspecified atom stereocenters. The van der Waals surface area contributed by atoms with Gasteiger partial charge in [0.05, 0.1) is 12.4 Å². The van der Waals surface area contributed by atoms with Crippen molar-refractivity contribution in [3.63, 3.8) is 0 Å². The van der Waals surface area contributed by atoms with Crippen LogP contribution in [0.5, 0.6) is 0 Å².